The van der Waals surface area contributed by atoms with E-state index in [-0.39, 0.29) is 0 Å². The zero-order valence-electron chi connectivity index (χ0n) is 18.2. The van der Waals surface area contributed by atoms with Crippen molar-refractivity contribution >= 4 is 38.4 Å². The highest BCUT2D eigenvalue weighted by Gasteiger charge is 2.41. The van der Waals surface area contributed by atoms with Crippen molar-refractivity contribution in [1.29, 1.82) is 0 Å². The Balaban J connectivity index is 1.98. The van der Waals surface area contributed by atoms with E-state index in [9.17, 15) is 5.11 Å². The Morgan fingerprint density at radius 2 is 1.62 bits per heavy atom. The number of pyridine rings is 1. The van der Waals surface area contributed by atoms with Crippen LogP contribution in [0, 0.1) is 0 Å². The van der Waals surface area contributed by atoms with Crippen molar-refractivity contribution < 1.29 is 5.11 Å². The molecular weight excluding hydrogens is 484 g/mol. The third-order valence-electron chi connectivity index (χ3n) is 5.89. The van der Waals surface area contributed by atoms with Gasteiger partial charge in [0.15, 0.2) is 0 Å². The fraction of sp³-hybridized carbons (Fsp3) is 0.222. The molecule has 5 heteroatoms. The van der Waals surface area contributed by atoms with Crippen LogP contribution in [-0.4, -0.2) is 35.6 Å². The Kier molecular flexibility index (Phi) is 6.96. The third-order valence-corrected chi connectivity index (χ3v) is 6.69. The van der Waals surface area contributed by atoms with Crippen LogP contribution in [0.3, 0.4) is 0 Å². The quantitative estimate of drug-likeness (QED) is 0.284. The number of halogens is 2. The standard InChI is InChI=1S/C27H26BrClN2O/c1-31(2)16-15-27(32,21-11-7-4-8-12-21)25(19-9-5-3-6-10-19)23-18-20-17-22(28)13-14-24(20)30-26(23)29/h3-14,17-18,25,32H,15-16H2,1-2H3/t25-,27+/m1/s1. The van der Waals surface area contributed by atoms with Crippen molar-refractivity contribution in [2.75, 3.05) is 20.6 Å². The summed E-state index contributed by atoms with van der Waals surface area (Å²) in [4.78, 5) is 6.78. The molecule has 1 heterocycles. The van der Waals surface area contributed by atoms with E-state index in [4.69, 9.17) is 11.6 Å². The molecule has 0 bridgehead atoms. The highest BCUT2D eigenvalue weighted by Crippen LogP contribution is 2.46. The smallest absolute Gasteiger partial charge is 0.133 e. The number of aromatic nitrogens is 1. The minimum absolute atomic E-state index is 0.394. The highest BCUT2D eigenvalue weighted by molar-refractivity contribution is 9.10. The zero-order valence-corrected chi connectivity index (χ0v) is 20.5. The molecule has 0 amide bonds. The third kappa shape index (κ3) is 4.74. The van der Waals surface area contributed by atoms with Gasteiger partial charge in [-0.05, 0) is 55.9 Å². The summed E-state index contributed by atoms with van der Waals surface area (Å²) in [7, 11) is 4.04. The normalized spacial score (nSPS) is 14.4. The second-order valence-electron chi connectivity index (χ2n) is 8.39. The lowest BCUT2D eigenvalue weighted by atomic mass is 9.72. The van der Waals surface area contributed by atoms with Crippen molar-refractivity contribution in [3.05, 3.63) is 111 Å². The van der Waals surface area contributed by atoms with Gasteiger partial charge in [-0.15, -0.1) is 0 Å². The Morgan fingerprint density at radius 3 is 2.28 bits per heavy atom. The number of hydrogen-bond donors (Lipinski definition) is 1. The molecule has 3 nitrogen and oxygen atoms in total. The van der Waals surface area contributed by atoms with Gasteiger partial charge in [-0.3, -0.25) is 0 Å². The Labute approximate surface area is 202 Å². The Hall–Kier alpha value is -2.24. The molecule has 0 aliphatic carbocycles. The van der Waals surface area contributed by atoms with E-state index >= 15 is 0 Å². The van der Waals surface area contributed by atoms with Crippen LogP contribution in [0.5, 0.6) is 0 Å². The lowest BCUT2D eigenvalue weighted by Gasteiger charge is -2.38. The molecule has 1 N–H and O–H groups in total. The maximum absolute atomic E-state index is 12.4. The van der Waals surface area contributed by atoms with E-state index in [1.165, 1.54) is 0 Å². The average molecular weight is 510 g/mol. The van der Waals surface area contributed by atoms with Crippen LogP contribution >= 0.6 is 27.5 Å². The van der Waals surface area contributed by atoms with Gasteiger partial charge in [0, 0.05) is 27.9 Å². The molecule has 4 aromatic rings. The number of fused-ring (bicyclic) bond motifs is 1. The van der Waals surface area contributed by atoms with Crippen molar-refractivity contribution in [3.8, 4) is 0 Å². The van der Waals surface area contributed by atoms with Crippen LogP contribution in [0.25, 0.3) is 10.9 Å². The number of benzene rings is 3. The number of hydrogen-bond acceptors (Lipinski definition) is 3. The molecule has 0 fully saturated rings. The van der Waals surface area contributed by atoms with Gasteiger partial charge >= 0.3 is 0 Å². The van der Waals surface area contributed by atoms with E-state index in [0.717, 1.165) is 38.6 Å². The molecule has 0 spiro atoms. The molecule has 164 valence electrons. The van der Waals surface area contributed by atoms with E-state index in [1.54, 1.807) is 0 Å². The van der Waals surface area contributed by atoms with Crippen LogP contribution in [0.1, 0.15) is 29.0 Å². The first-order chi connectivity index (χ1) is 15.4. The van der Waals surface area contributed by atoms with E-state index in [0.29, 0.717) is 11.6 Å². The van der Waals surface area contributed by atoms with Crippen LogP contribution in [0.4, 0.5) is 0 Å². The van der Waals surface area contributed by atoms with Gasteiger partial charge in [-0.1, -0.05) is 88.2 Å². The summed E-state index contributed by atoms with van der Waals surface area (Å²) < 4.78 is 0.974. The van der Waals surface area contributed by atoms with Crippen LogP contribution < -0.4 is 0 Å². The first kappa shape index (κ1) is 22.9. The van der Waals surface area contributed by atoms with E-state index in [2.05, 4.69) is 44.0 Å². The minimum Gasteiger partial charge on any atom is -0.384 e. The lowest BCUT2D eigenvalue weighted by molar-refractivity contribution is 0.00446. The van der Waals surface area contributed by atoms with Gasteiger partial charge in [0.2, 0.25) is 0 Å². The summed E-state index contributed by atoms with van der Waals surface area (Å²) in [6.45, 7) is 0.721. The molecule has 0 aliphatic heterocycles. The van der Waals surface area contributed by atoms with Gasteiger partial charge < -0.3 is 10.0 Å². The van der Waals surface area contributed by atoms with E-state index < -0.39 is 11.5 Å². The van der Waals surface area contributed by atoms with Crippen LogP contribution in [-0.2, 0) is 5.60 Å². The summed E-state index contributed by atoms with van der Waals surface area (Å²) >= 11 is 10.4. The number of nitrogens with zero attached hydrogens (tertiary/aromatic N) is 2. The van der Waals surface area contributed by atoms with Crippen LogP contribution in [0.2, 0.25) is 5.15 Å². The Morgan fingerprint density at radius 1 is 0.969 bits per heavy atom. The molecule has 4 rings (SSSR count). The molecule has 0 saturated heterocycles. The fourth-order valence-electron chi connectivity index (χ4n) is 4.28. The molecule has 1 aromatic heterocycles. The van der Waals surface area contributed by atoms with Crippen molar-refractivity contribution in [3.63, 3.8) is 0 Å². The van der Waals surface area contributed by atoms with Crippen molar-refractivity contribution in [2.24, 2.45) is 0 Å². The van der Waals surface area contributed by atoms with Gasteiger partial charge in [0.05, 0.1) is 5.52 Å². The summed E-state index contributed by atoms with van der Waals surface area (Å²) in [5.41, 5.74) is 2.31. The second-order valence-corrected chi connectivity index (χ2v) is 9.67. The summed E-state index contributed by atoms with van der Waals surface area (Å²) in [6.07, 6.45) is 0.538. The average Bonchev–Trinajstić information content (AvgIpc) is 2.80. The first-order valence-electron chi connectivity index (χ1n) is 10.6. The number of aliphatic hydroxyl groups is 1. The fourth-order valence-corrected chi connectivity index (χ4v) is 4.91. The molecule has 0 radical (unpaired) electrons. The maximum Gasteiger partial charge on any atom is 0.133 e. The topological polar surface area (TPSA) is 36.4 Å². The van der Waals surface area contributed by atoms with Gasteiger partial charge in [-0.25, -0.2) is 4.98 Å². The van der Waals surface area contributed by atoms with Crippen molar-refractivity contribution in [1.82, 2.24) is 9.88 Å². The van der Waals surface area contributed by atoms with Gasteiger partial charge in [0.25, 0.3) is 0 Å². The largest absolute Gasteiger partial charge is 0.384 e. The molecule has 0 aliphatic rings. The molecule has 0 saturated carbocycles. The molecular formula is C27H26BrClN2O. The maximum atomic E-state index is 12.4. The zero-order chi connectivity index (χ0) is 22.7. The van der Waals surface area contributed by atoms with Crippen molar-refractivity contribution in [2.45, 2.75) is 17.9 Å². The Bertz CT molecular complexity index is 1200. The lowest BCUT2D eigenvalue weighted by Crippen LogP contribution is -2.37. The van der Waals surface area contributed by atoms with Crippen LogP contribution in [0.15, 0.2) is 89.4 Å². The molecule has 3 aromatic carbocycles. The van der Waals surface area contributed by atoms with E-state index in [1.807, 2.05) is 80.8 Å². The van der Waals surface area contributed by atoms with Gasteiger partial charge in [-0.2, -0.15) is 0 Å². The summed E-state index contributed by atoms with van der Waals surface area (Å²) in [6, 6.07) is 28.0. The summed E-state index contributed by atoms with van der Waals surface area (Å²) in [5.74, 6) is -0.394. The minimum atomic E-state index is -1.18. The predicted octanol–water partition coefficient (Wildman–Crippen LogP) is 6.62. The summed E-state index contributed by atoms with van der Waals surface area (Å²) in [5, 5.41) is 13.8. The predicted molar refractivity (Wildman–Crippen MR) is 136 cm³/mol. The molecule has 2 atom stereocenters. The monoisotopic (exact) mass is 508 g/mol. The second kappa shape index (κ2) is 9.72. The molecule has 32 heavy (non-hydrogen) atoms. The first-order valence-corrected chi connectivity index (χ1v) is 11.8. The SMILES string of the molecule is CN(C)CC[C@](O)(c1ccccc1)[C@H](c1ccccc1)c1cc2cc(Br)ccc2nc1Cl. The highest BCUT2D eigenvalue weighted by atomic mass is 79.9. The number of rotatable bonds is 7. The van der Waals surface area contributed by atoms with Gasteiger partial charge in [0.1, 0.15) is 10.8 Å². The molecule has 0 unspecified atom stereocenters.